The average Bonchev–Trinajstić information content (AvgIpc) is 3.04. The molecular weight excluding hydrogens is 354 g/mol. The van der Waals surface area contributed by atoms with Crippen molar-refractivity contribution in [1.29, 1.82) is 0 Å². The van der Waals surface area contributed by atoms with Crippen LogP contribution in [0.1, 0.15) is 44.2 Å². The van der Waals surface area contributed by atoms with E-state index in [4.69, 9.17) is 9.47 Å². The number of amides is 1. The number of ether oxygens (including phenoxy) is 2. The van der Waals surface area contributed by atoms with Crippen molar-refractivity contribution < 1.29 is 19.1 Å². The van der Waals surface area contributed by atoms with Gasteiger partial charge in [0.05, 0.1) is 12.2 Å². The lowest BCUT2D eigenvalue weighted by molar-refractivity contribution is -0.204. The first-order valence-electron chi connectivity index (χ1n) is 9.79. The highest BCUT2D eigenvalue weighted by atomic mass is 16.8. The number of anilines is 1. The quantitative estimate of drug-likeness (QED) is 0.818. The van der Waals surface area contributed by atoms with Crippen LogP contribution in [-0.2, 0) is 31.2 Å². The van der Waals surface area contributed by atoms with Crippen LogP contribution in [0.3, 0.4) is 0 Å². The molecule has 3 aliphatic heterocycles. The molecule has 2 saturated heterocycles. The Kier molecular flexibility index (Phi) is 3.61. The summed E-state index contributed by atoms with van der Waals surface area (Å²) in [6, 6.07) is 17.5. The molecule has 5 heteroatoms. The number of carbonyl (C=O) groups excluding carboxylic acids is 2. The van der Waals surface area contributed by atoms with Crippen LogP contribution >= 0.6 is 0 Å². The van der Waals surface area contributed by atoms with Gasteiger partial charge in [-0.05, 0) is 38.3 Å². The predicted octanol–water partition coefficient (Wildman–Crippen LogP) is 3.70. The highest BCUT2D eigenvalue weighted by Gasteiger charge is 2.76. The number of ketones is 1. The Morgan fingerprint density at radius 2 is 1.75 bits per heavy atom. The van der Waals surface area contributed by atoms with E-state index in [2.05, 4.69) is 0 Å². The summed E-state index contributed by atoms with van der Waals surface area (Å²) < 4.78 is 12.7. The summed E-state index contributed by atoms with van der Waals surface area (Å²) in [4.78, 5) is 28.6. The minimum absolute atomic E-state index is 0.152. The van der Waals surface area contributed by atoms with Gasteiger partial charge in [0, 0.05) is 12.0 Å². The van der Waals surface area contributed by atoms with Crippen molar-refractivity contribution in [3.05, 3.63) is 65.7 Å². The largest absolute Gasteiger partial charge is 0.332 e. The van der Waals surface area contributed by atoms with E-state index in [9.17, 15) is 9.59 Å². The van der Waals surface area contributed by atoms with Crippen LogP contribution in [0.2, 0.25) is 0 Å². The molecule has 3 heterocycles. The summed E-state index contributed by atoms with van der Waals surface area (Å²) in [6.07, 6.45) is 1.93. The van der Waals surface area contributed by atoms with Crippen molar-refractivity contribution in [3.8, 4) is 0 Å². The molecule has 5 nitrogen and oxygen atoms in total. The summed E-state index contributed by atoms with van der Waals surface area (Å²) in [5, 5.41) is 0. The minimum atomic E-state index is -1.42. The molecule has 0 unspecified atom stereocenters. The lowest BCUT2D eigenvalue weighted by atomic mass is 9.73. The third-order valence-electron chi connectivity index (χ3n) is 6.36. The Morgan fingerprint density at radius 1 is 1.04 bits per heavy atom. The number of fused-ring (bicyclic) bond motifs is 5. The maximum Gasteiger partial charge on any atom is 0.267 e. The van der Waals surface area contributed by atoms with Crippen LogP contribution in [-0.4, -0.2) is 23.1 Å². The molecule has 2 aromatic rings. The van der Waals surface area contributed by atoms with E-state index in [1.807, 2.05) is 61.5 Å². The maximum atomic E-state index is 14.0. The van der Waals surface area contributed by atoms with Crippen molar-refractivity contribution in [3.63, 3.8) is 0 Å². The van der Waals surface area contributed by atoms with E-state index in [0.29, 0.717) is 19.4 Å². The molecule has 2 aromatic carbocycles. The van der Waals surface area contributed by atoms with Gasteiger partial charge < -0.3 is 14.4 Å². The number of para-hydroxylation sites is 1. The first-order valence-corrected chi connectivity index (χ1v) is 9.79. The second kappa shape index (κ2) is 5.75. The number of rotatable bonds is 3. The summed E-state index contributed by atoms with van der Waals surface area (Å²) in [6.45, 7) is 3.78. The number of hydrogen-bond donors (Lipinski definition) is 0. The van der Waals surface area contributed by atoms with Gasteiger partial charge >= 0.3 is 0 Å². The third kappa shape index (κ3) is 2.09. The molecule has 2 bridgehead atoms. The zero-order chi connectivity index (χ0) is 19.6. The molecule has 2 fully saturated rings. The number of nitrogens with zero attached hydrogens (tertiary/aromatic N) is 1. The molecule has 144 valence electrons. The van der Waals surface area contributed by atoms with Gasteiger partial charge in [0.25, 0.3) is 5.91 Å². The first kappa shape index (κ1) is 17.6. The summed E-state index contributed by atoms with van der Waals surface area (Å²) in [7, 11) is 0. The molecule has 0 N–H and O–H groups in total. The molecule has 3 aliphatic rings. The van der Waals surface area contributed by atoms with Crippen molar-refractivity contribution in [1.82, 2.24) is 0 Å². The number of Topliss-reactive ketones (excluding diaryl/α,β-unsaturated/α-hetero) is 1. The first-order chi connectivity index (χ1) is 13.4. The smallest absolute Gasteiger partial charge is 0.267 e. The van der Waals surface area contributed by atoms with Gasteiger partial charge in [-0.2, -0.15) is 0 Å². The van der Waals surface area contributed by atoms with Crippen molar-refractivity contribution in [2.24, 2.45) is 0 Å². The Bertz CT molecular complexity index is 974. The summed E-state index contributed by atoms with van der Waals surface area (Å²) in [5.74, 6) is -1.30. The van der Waals surface area contributed by atoms with Crippen LogP contribution in [0, 0.1) is 0 Å². The Morgan fingerprint density at radius 3 is 2.50 bits per heavy atom. The lowest BCUT2D eigenvalue weighted by Crippen LogP contribution is -2.59. The molecule has 28 heavy (non-hydrogen) atoms. The minimum Gasteiger partial charge on any atom is -0.332 e. The zero-order valence-electron chi connectivity index (χ0n) is 16.1. The van der Waals surface area contributed by atoms with E-state index in [-0.39, 0.29) is 11.7 Å². The van der Waals surface area contributed by atoms with Gasteiger partial charge in [0.1, 0.15) is 0 Å². The standard InChI is InChI=1S/C23H23NO4/c1-16(25)22-14-8-13-21(2,27-22)28-23(22)18-11-6-7-12-19(18)24(20(23)26)15-17-9-4-3-5-10-17/h3-7,9-12H,8,13-15H2,1-2H3/t21-,22+,23+/m0/s1. The Balaban J connectivity index is 1.70. The molecular formula is C23H23NO4. The van der Waals surface area contributed by atoms with Gasteiger partial charge in [0.15, 0.2) is 17.2 Å². The van der Waals surface area contributed by atoms with Crippen LogP contribution in [0.15, 0.2) is 54.6 Å². The van der Waals surface area contributed by atoms with E-state index in [1.54, 1.807) is 4.90 Å². The molecule has 5 rings (SSSR count). The molecule has 1 amide bonds. The van der Waals surface area contributed by atoms with Crippen molar-refractivity contribution in [2.75, 3.05) is 4.90 Å². The van der Waals surface area contributed by atoms with Crippen molar-refractivity contribution in [2.45, 2.75) is 56.6 Å². The third-order valence-corrected chi connectivity index (χ3v) is 6.36. The van der Waals surface area contributed by atoms with Crippen LogP contribution in [0.25, 0.3) is 0 Å². The lowest BCUT2D eigenvalue weighted by Gasteiger charge is -2.38. The van der Waals surface area contributed by atoms with Crippen LogP contribution < -0.4 is 4.90 Å². The number of hydrogen-bond acceptors (Lipinski definition) is 4. The van der Waals surface area contributed by atoms with E-state index in [0.717, 1.165) is 23.2 Å². The molecule has 0 saturated carbocycles. The molecule has 1 spiro atoms. The zero-order valence-corrected chi connectivity index (χ0v) is 16.1. The van der Waals surface area contributed by atoms with Gasteiger partial charge in [-0.25, -0.2) is 0 Å². The highest BCUT2D eigenvalue weighted by Crippen LogP contribution is 2.62. The number of benzene rings is 2. The normalized spacial score (nSPS) is 33.4. The monoisotopic (exact) mass is 377 g/mol. The van der Waals surface area contributed by atoms with Gasteiger partial charge in [-0.3, -0.25) is 9.59 Å². The van der Waals surface area contributed by atoms with E-state index >= 15 is 0 Å². The predicted molar refractivity (Wildman–Crippen MR) is 104 cm³/mol. The average molecular weight is 377 g/mol. The maximum absolute atomic E-state index is 14.0. The fourth-order valence-corrected chi connectivity index (χ4v) is 5.18. The van der Waals surface area contributed by atoms with Crippen molar-refractivity contribution >= 4 is 17.4 Å². The topological polar surface area (TPSA) is 55.8 Å². The fourth-order valence-electron chi connectivity index (χ4n) is 5.18. The molecule has 3 atom stereocenters. The van der Waals surface area contributed by atoms with Gasteiger partial charge in [0.2, 0.25) is 5.60 Å². The Hall–Kier alpha value is -2.50. The SMILES string of the molecule is CC(=O)[C@@]12CCC[C@@](C)(O1)O[C@]21C(=O)N(Cc2ccccc2)c2ccccc21. The second-order valence-corrected chi connectivity index (χ2v) is 8.15. The van der Waals surface area contributed by atoms with E-state index < -0.39 is 17.0 Å². The number of carbonyl (C=O) groups is 2. The highest BCUT2D eigenvalue weighted by molar-refractivity contribution is 6.12. The molecule has 0 radical (unpaired) electrons. The molecule has 0 aromatic heterocycles. The molecule has 0 aliphatic carbocycles. The second-order valence-electron chi connectivity index (χ2n) is 8.15. The summed E-state index contributed by atoms with van der Waals surface area (Å²) in [5.41, 5.74) is -0.158. The Labute approximate surface area is 164 Å². The van der Waals surface area contributed by atoms with Gasteiger partial charge in [-0.15, -0.1) is 0 Å². The van der Waals surface area contributed by atoms with E-state index in [1.165, 1.54) is 6.92 Å². The fraction of sp³-hybridized carbons (Fsp3) is 0.391. The van der Waals surface area contributed by atoms with Gasteiger partial charge in [-0.1, -0.05) is 48.5 Å². The van der Waals surface area contributed by atoms with Crippen LogP contribution in [0.4, 0.5) is 5.69 Å². The van der Waals surface area contributed by atoms with Crippen LogP contribution in [0.5, 0.6) is 0 Å². The summed E-state index contributed by atoms with van der Waals surface area (Å²) >= 11 is 0.